The van der Waals surface area contributed by atoms with Crippen molar-refractivity contribution in [2.45, 2.75) is 2.14 Å². The summed E-state index contributed by atoms with van der Waals surface area (Å²) in [6.07, 6.45) is 0. The van der Waals surface area contributed by atoms with Gasteiger partial charge in [0.1, 0.15) is 2.14 Å². The Morgan fingerprint density at radius 1 is 1.14 bits per heavy atom. The van der Waals surface area contributed by atoms with Crippen molar-refractivity contribution >= 4 is 80.7 Å². The first-order valence-corrected chi connectivity index (χ1v) is 4.69. The molecule has 0 heterocycles. The summed E-state index contributed by atoms with van der Waals surface area (Å²) in [4.78, 5) is 0. The molecular weight excluding hydrogens is 424 g/mol. The fourth-order valence-corrected chi connectivity index (χ4v) is 0. The zero-order chi connectivity index (χ0) is 5.21. The van der Waals surface area contributed by atoms with E-state index in [-0.39, 0.29) is 19.1 Å². The molecule has 46 valence electrons. The Hall–Kier alpha value is 2.40. The Morgan fingerprint density at radius 2 is 1.29 bits per heavy atom. The van der Waals surface area contributed by atoms with Crippen LogP contribution in [0, 0.1) is 0 Å². The molecule has 0 nitrogen and oxygen atoms in total. The van der Waals surface area contributed by atoms with Crippen LogP contribution in [0.3, 0.4) is 0 Å². The van der Waals surface area contributed by atoms with Gasteiger partial charge in [-0.15, -0.1) is 17.0 Å². The van der Waals surface area contributed by atoms with Crippen molar-refractivity contribution < 1.29 is 0 Å². The molecule has 0 aliphatic rings. The molecular formula is C2H3Br5. The van der Waals surface area contributed by atoms with Gasteiger partial charge in [0.2, 0.25) is 0 Å². The van der Waals surface area contributed by atoms with Crippen molar-refractivity contribution in [1.82, 2.24) is 0 Å². The molecule has 0 saturated carbocycles. The molecule has 0 unspecified atom stereocenters. The summed E-state index contributed by atoms with van der Waals surface area (Å²) in [5.41, 5.74) is 0. The smallest absolute Gasteiger partial charge is 0.114 e. The van der Waals surface area contributed by atoms with Gasteiger partial charge in [-0.25, -0.2) is 0 Å². The number of hydrogen-bond acceptors (Lipinski definition) is 0. The molecule has 0 aromatic rings. The molecule has 0 aliphatic heterocycles. The normalized spacial score (nSPS) is 10.3. The summed E-state index contributed by atoms with van der Waals surface area (Å²) < 4.78 is -0.104. The Balaban J connectivity index is 0. The molecule has 0 fully saturated rings. The molecule has 0 aromatic carbocycles. The number of alkyl halides is 4. The van der Waals surface area contributed by atoms with E-state index in [1.807, 2.05) is 0 Å². The molecule has 7 heavy (non-hydrogen) atoms. The van der Waals surface area contributed by atoms with Gasteiger partial charge in [0.05, 0.1) is 0 Å². The van der Waals surface area contributed by atoms with Crippen molar-refractivity contribution in [2.75, 3.05) is 5.33 Å². The summed E-state index contributed by atoms with van der Waals surface area (Å²) in [6.45, 7) is 0. The molecule has 0 aromatic heterocycles. The summed E-state index contributed by atoms with van der Waals surface area (Å²) in [6, 6.07) is 0. The van der Waals surface area contributed by atoms with Crippen molar-refractivity contribution in [2.24, 2.45) is 0 Å². The Kier molecular flexibility index (Phi) is 9.01. The lowest BCUT2D eigenvalue weighted by Crippen LogP contribution is -1.97. The standard InChI is InChI=1S/C2H2Br4.BrH/c3-1-2(4,5)6;/h1H2;1H. The van der Waals surface area contributed by atoms with Gasteiger partial charge in [0, 0.05) is 5.33 Å². The van der Waals surface area contributed by atoms with Gasteiger partial charge < -0.3 is 0 Å². The molecule has 0 saturated heterocycles. The molecule has 0 atom stereocenters. The van der Waals surface area contributed by atoms with E-state index in [2.05, 4.69) is 63.7 Å². The fourth-order valence-electron chi connectivity index (χ4n) is 0. The predicted molar refractivity (Wildman–Crippen MR) is 53.6 cm³/mol. The van der Waals surface area contributed by atoms with Crippen LogP contribution in [0.4, 0.5) is 0 Å². The van der Waals surface area contributed by atoms with Crippen LogP contribution < -0.4 is 0 Å². The molecule has 0 spiro atoms. The minimum absolute atomic E-state index is 0. The van der Waals surface area contributed by atoms with Crippen LogP contribution in [0.1, 0.15) is 0 Å². The second-order valence-electron chi connectivity index (χ2n) is 0.749. The van der Waals surface area contributed by atoms with Gasteiger partial charge in [-0.1, -0.05) is 63.7 Å². The van der Waals surface area contributed by atoms with Crippen LogP contribution in [0.5, 0.6) is 0 Å². The van der Waals surface area contributed by atoms with Crippen LogP contribution in [0.25, 0.3) is 0 Å². The van der Waals surface area contributed by atoms with Crippen LogP contribution in [0.2, 0.25) is 0 Å². The summed E-state index contributed by atoms with van der Waals surface area (Å²) >= 11 is 13.0. The lowest BCUT2D eigenvalue weighted by Gasteiger charge is -2.03. The maximum atomic E-state index is 3.26. The van der Waals surface area contributed by atoms with Gasteiger partial charge in [0.15, 0.2) is 0 Å². The van der Waals surface area contributed by atoms with Gasteiger partial charge in [-0.2, -0.15) is 0 Å². The lowest BCUT2D eigenvalue weighted by atomic mass is 11.0. The fraction of sp³-hybridized carbons (Fsp3) is 1.00. The highest BCUT2D eigenvalue weighted by molar-refractivity contribution is 9.40. The van der Waals surface area contributed by atoms with E-state index >= 15 is 0 Å². The summed E-state index contributed by atoms with van der Waals surface area (Å²) in [5, 5.41) is 0.833. The van der Waals surface area contributed by atoms with Crippen molar-refractivity contribution in [1.29, 1.82) is 0 Å². The Bertz CT molecular complexity index is 35.8. The third-order valence-electron chi connectivity index (χ3n) is 0.152. The lowest BCUT2D eigenvalue weighted by molar-refractivity contribution is 1.46. The highest BCUT2D eigenvalue weighted by Crippen LogP contribution is 2.34. The van der Waals surface area contributed by atoms with E-state index in [0.717, 1.165) is 5.33 Å². The second kappa shape index (κ2) is 5.21. The maximum absolute atomic E-state index is 3.26. The molecule has 5 heteroatoms. The van der Waals surface area contributed by atoms with Crippen molar-refractivity contribution in [3.05, 3.63) is 0 Å². The van der Waals surface area contributed by atoms with Crippen LogP contribution in [0.15, 0.2) is 0 Å². The molecule has 0 aliphatic carbocycles. The highest BCUT2D eigenvalue weighted by atomic mass is 80.0. The van der Waals surface area contributed by atoms with E-state index in [4.69, 9.17) is 0 Å². The third kappa shape index (κ3) is 11.8. The summed E-state index contributed by atoms with van der Waals surface area (Å²) in [5.74, 6) is 0. The second-order valence-corrected chi connectivity index (χ2v) is 8.56. The first kappa shape index (κ1) is 12.1. The van der Waals surface area contributed by atoms with Crippen LogP contribution >= 0.6 is 80.7 Å². The van der Waals surface area contributed by atoms with Crippen molar-refractivity contribution in [3.63, 3.8) is 0 Å². The third-order valence-corrected chi connectivity index (χ3v) is 4.09. The van der Waals surface area contributed by atoms with E-state index < -0.39 is 0 Å². The average Bonchev–Trinajstić information content (AvgIpc) is 1.35. The molecule has 0 radical (unpaired) electrons. The first-order valence-electron chi connectivity index (χ1n) is 1.19. The first-order chi connectivity index (χ1) is 2.56. The zero-order valence-corrected chi connectivity index (χ0v) is 11.2. The minimum Gasteiger partial charge on any atom is -0.114 e. The Labute approximate surface area is 87.1 Å². The van der Waals surface area contributed by atoms with Crippen molar-refractivity contribution in [3.8, 4) is 0 Å². The Morgan fingerprint density at radius 3 is 1.29 bits per heavy atom. The zero-order valence-electron chi connectivity index (χ0n) is 3.13. The molecule has 0 N–H and O–H groups in total. The van der Waals surface area contributed by atoms with Gasteiger partial charge in [0.25, 0.3) is 0 Å². The number of rotatable bonds is 0. The van der Waals surface area contributed by atoms with E-state index in [9.17, 15) is 0 Å². The molecule has 0 amide bonds. The maximum Gasteiger partial charge on any atom is 0.144 e. The van der Waals surface area contributed by atoms with E-state index in [1.165, 1.54) is 0 Å². The van der Waals surface area contributed by atoms with Gasteiger partial charge >= 0.3 is 0 Å². The molecule has 0 bridgehead atoms. The SMILES string of the molecule is Br.BrCC(Br)(Br)Br. The monoisotopic (exact) mass is 422 g/mol. The molecule has 0 rings (SSSR count). The van der Waals surface area contributed by atoms with Crippen LogP contribution in [-0.4, -0.2) is 7.47 Å². The van der Waals surface area contributed by atoms with Crippen LogP contribution in [-0.2, 0) is 0 Å². The number of hydrogen-bond donors (Lipinski definition) is 0. The minimum atomic E-state index is -0.104. The van der Waals surface area contributed by atoms with E-state index in [0.29, 0.717) is 0 Å². The van der Waals surface area contributed by atoms with Gasteiger partial charge in [-0.3, -0.25) is 0 Å². The largest absolute Gasteiger partial charge is 0.144 e. The topological polar surface area (TPSA) is 0 Å². The quantitative estimate of drug-likeness (QED) is 0.517. The predicted octanol–water partition coefficient (Wildman–Crippen LogP) is 3.80. The van der Waals surface area contributed by atoms with Gasteiger partial charge in [-0.05, 0) is 0 Å². The highest BCUT2D eigenvalue weighted by Gasteiger charge is 2.13. The summed E-state index contributed by atoms with van der Waals surface area (Å²) in [7, 11) is 0. The average molecular weight is 427 g/mol. The van der Waals surface area contributed by atoms with E-state index in [1.54, 1.807) is 0 Å². The number of halogens is 5.